The van der Waals surface area contributed by atoms with Gasteiger partial charge in [0, 0.05) is 12.6 Å². The summed E-state index contributed by atoms with van der Waals surface area (Å²) in [5.41, 5.74) is 0. The zero-order valence-corrected chi connectivity index (χ0v) is 14.9. The van der Waals surface area contributed by atoms with Crippen molar-refractivity contribution in [3.8, 4) is 16.6 Å². The predicted molar refractivity (Wildman–Crippen MR) is 95.6 cm³/mol. The van der Waals surface area contributed by atoms with Gasteiger partial charge in [-0.2, -0.15) is 0 Å². The smallest absolute Gasteiger partial charge is 0.280 e. The first kappa shape index (κ1) is 16.4. The van der Waals surface area contributed by atoms with E-state index in [9.17, 15) is 4.79 Å². The summed E-state index contributed by atoms with van der Waals surface area (Å²) in [5.74, 6) is 1.96. The summed E-state index contributed by atoms with van der Waals surface area (Å²) in [7, 11) is 1.62. The van der Waals surface area contributed by atoms with Crippen LogP contribution in [0.2, 0.25) is 0 Å². The average Bonchev–Trinajstić information content (AvgIpc) is 3.12. The van der Waals surface area contributed by atoms with Crippen molar-refractivity contribution in [3.05, 3.63) is 35.5 Å². The molecule has 132 valence electrons. The first-order chi connectivity index (χ1) is 12.2. The number of piperidine rings is 3. The van der Waals surface area contributed by atoms with Gasteiger partial charge < -0.3 is 19.7 Å². The van der Waals surface area contributed by atoms with Gasteiger partial charge in [-0.1, -0.05) is 11.3 Å². The van der Waals surface area contributed by atoms with Crippen LogP contribution in [-0.4, -0.2) is 48.6 Å². The molecule has 2 bridgehead atoms. The molecule has 7 heteroatoms. The largest absolute Gasteiger partial charge is 0.497 e. The molecule has 4 heterocycles. The first-order valence-corrected chi connectivity index (χ1v) is 9.34. The van der Waals surface area contributed by atoms with Gasteiger partial charge in [0.25, 0.3) is 5.91 Å². The number of nitrogens with one attached hydrogen (secondary N) is 1. The first-order valence-electron chi connectivity index (χ1n) is 8.52. The predicted octanol–water partition coefficient (Wildman–Crippen LogP) is 2.77. The Hall–Kier alpha value is -2.12. The average molecular weight is 359 g/mol. The lowest BCUT2D eigenvalue weighted by Gasteiger charge is -2.44. The Morgan fingerprint density at radius 2 is 1.96 bits per heavy atom. The van der Waals surface area contributed by atoms with Gasteiger partial charge in [0.15, 0.2) is 5.01 Å². The number of hydrogen-bond acceptors (Lipinski definition) is 6. The summed E-state index contributed by atoms with van der Waals surface area (Å²) in [6.45, 7) is 3.28. The summed E-state index contributed by atoms with van der Waals surface area (Å²) in [5, 5.41) is 4.20. The molecule has 3 aliphatic heterocycles. The molecule has 0 saturated carbocycles. The maximum atomic E-state index is 12.5. The van der Waals surface area contributed by atoms with Crippen molar-refractivity contribution in [2.24, 2.45) is 5.92 Å². The zero-order valence-electron chi connectivity index (χ0n) is 14.1. The fraction of sp³-hybridized carbons (Fsp3) is 0.444. The third-order valence-corrected chi connectivity index (χ3v) is 5.80. The van der Waals surface area contributed by atoms with Crippen molar-refractivity contribution in [1.82, 2.24) is 15.2 Å². The minimum absolute atomic E-state index is 0.103. The highest BCUT2D eigenvalue weighted by Crippen LogP contribution is 2.30. The topological polar surface area (TPSA) is 63.7 Å². The van der Waals surface area contributed by atoms with Crippen LogP contribution in [0.1, 0.15) is 22.6 Å². The van der Waals surface area contributed by atoms with E-state index in [2.05, 4.69) is 15.2 Å². The van der Waals surface area contributed by atoms with E-state index in [1.807, 2.05) is 24.3 Å². The van der Waals surface area contributed by atoms with Gasteiger partial charge in [0.2, 0.25) is 5.06 Å². The minimum Gasteiger partial charge on any atom is -0.497 e. The van der Waals surface area contributed by atoms with E-state index >= 15 is 0 Å². The second-order valence-corrected chi connectivity index (χ2v) is 7.47. The fourth-order valence-corrected chi connectivity index (χ4v) is 4.22. The Balaban J connectivity index is 1.37. The lowest BCUT2D eigenvalue weighted by Crippen LogP contribution is -2.57. The molecule has 2 aromatic rings. The lowest BCUT2D eigenvalue weighted by atomic mass is 9.84. The molecule has 5 rings (SSSR count). The lowest BCUT2D eigenvalue weighted by molar-refractivity contribution is 0.0620. The van der Waals surface area contributed by atoms with E-state index in [-0.39, 0.29) is 11.9 Å². The van der Waals surface area contributed by atoms with Gasteiger partial charge in [-0.05, 0) is 56.1 Å². The van der Waals surface area contributed by atoms with Crippen molar-refractivity contribution in [2.75, 3.05) is 26.7 Å². The molecule has 1 aromatic heterocycles. The van der Waals surface area contributed by atoms with Crippen molar-refractivity contribution in [1.29, 1.82) is 0 Å². The Bertz CT molecular complexity index is 738. The summed E-state index contributed by atoms with van der Waals surface area (Å²) in [6, 6.07) is 7.55. The van der Waals surface area contributed by atoms with Gasteiger partial charge in [0.1, 0.15) is 11.5 Å². The number of aromatic nitrogens is 1. The van der Waals surface area contributed by atoms with E-state index in [0.29, 0.717) is 21.7 Å². The number of carbonyl (C=O) groups excluding carboxylic acids is 1. The maximum Gasteiger partial charge on any atom is 0.280 e. The van der Waals surface area contributed by atoms with Gasteiger partial charge in [-0.15, -0.1) is 0 Å². The normalized spacial score (nSPS) is 24.8. The number of nitrogens with zero attached hydrogens (tertiary/aromatic N) is 2. The second-order valence-electron chi connectivity index (χ2n) is 6.48. The SMILES string of the molecule is COc1ccc(Oc2cnc(C(=O)NC3CN4CCC3CC4)s2)cc1. The third-order valence-electron chi connectivity index (χ3n) is 4.93. The Morgan fingerprint density at radius 1 is 1.24 bits per heavy atom. The van der Waals surface area contributed by atoms with E-state index in [1.165, 1.54) is 24.2 Å². The van der Waals surface area contributed by atoms with Crippen molar-refractivity contribution >= 4 is 17.2 Å². The molecule has 1 amide bonds. The van der Waals surface area contributed by atoms with E-state index in [4.69, 9.17) is 9.47 Å². The van der Waals surface area contributed by atoms with E-state index in [1.54, 1.807) is 13.3 Å². The summed E-state index contributed by atoms with van der Waals surface area (Å²) in [6.07, 6.45) is 3.95. The molecule has 1 atom stereocenters. The highest BCUT2D eigenvalue weighted by Gasteiger charge is 2.35. The van der Waals surface area contributed by atoms with Crippen LogP contribution < -0.4 is 14.8 Å². The highest BCUT2D eigenvalue weighted by molar-refractivity contribution is 7.15. The molecule has 1 unspecified atom stereocenters. The van der Waals surface area contributed by atoms with Crippen LogP contribution in [0.15, 0.2) is 30.5 Å². The van der Waals surface area contributed by atoms with Crippen LogP contribution >= 0.6 is 11.3 Å². The number of amides is 1. The molecule has 25 heavy (non-hydrogen) atoms. The monoisotopic (exact) mass is 359 g/mol. The number of methoxy groups -OCH3 is 1. The van der Waals surface area contributed by atoms with Gasteiger partial charge >= 0.3 is 0 Å². The van der Waals surface area contributed by atoms with Gasteiger partial charge in [-0.25, -0.2) is 4.98 Å². The van der Waals surface area contributed by atoms with E-state index in [0.717, 1.165) is 25.4 Å². The molecular formula is C18H21N3O3S. The summed E-state index contributed by atoms with van der Waals surface area (Å²) >= 11 is 1.26. The van der Waals surface area contributed by atoms with Crippen LogP contribution in [0.5, 0.6) is 16.6 Å². The van der Waals surface area contributed by atoms with Crippen molar-refractivity contribution < 1.29 is 14.3 Å². The Morgan fingerprint density at radius 3 is 2.60 bits per heavy atom. The molecule has 0 spiro atoms. The molecule has 1 N–H and O–H groups in total. The number of carbonyl (C=O) groups is 1. The molecule has 3 aliphatic rings. The molecule has 3 saturated heterocycles. The molecule has 0 aliphatic carbocycles. The van der Waals surface area contributed by atoms with Crippen molar-refractivity contribution in [2.45, 2.75) is 18.9 Å². The quantitative estimate of drug-likeness (QED) is 0.889. The highest BCUT2D eigenvalue weighted by atomic mass is 32.1. The summed E-state index contributed by atoms with van der Waals surface area (Å²) in [4.78, 5) is 19.1. The molecular weight excluding hydrogens is 338 g/mol. The van der Waals surface area contributed by atoms with Crippen LogP contribution in [0.3, 0.4) is 0 Å². The van der Waals surface area contributed by atoms with E-state index < -0.39 is 0 Å². The maximum absolute atomic E-state index is 12.5. The number of rotatable bonds is 5. The number of benzene rings is 1. The number of thiazole rings is 1. The van der Waals surface area contributed by atoms with Crippen LogP contribution in [0.4, 0.5) is 0 Å². The van der Waals surface area contributed by atoms with Crippen LogP contribution in [0.25, 0.3) is 0 Å². The molecule has 0 radical (unpaired) electrons. The van der Waals surface area contributed by atoms with Gasteiger partial charge in [0.05, 0.1) is 13.3 Å². The fourth-order valence-electron chi connectivity index (χ4n) is 3.53. The molecule has 3 fully saturated rings. The Labute approximate surface area is 150 Å². The minimum atomic E-state index is -0.103. The zero-order chi connectivity index (χ0) is 17.2. The van der Waals surface area contributed by atoms with Crippen LogP contribution in [-0.2, 0) is 0 Å². The van der Waals surface area contributed by atoms with Crippen LogP contribution in [0, 0.1) is 5.92 Å². The Kier molecular flexibility index (Phi) is 4.59. The number of hydrogen-bond donors (Lipinski definition) is 1. The molecule has 1 aromatic carbocycles. The number of fused-ring (bicyclic) bond motifs is 3. The number of ether oxygens (including phenoxy) is 2. The molecule has 6 nitrogen and oxygen atoms in total. The second kappa shape index (κ2) is 7.01. The van der Waals surface area contributed by atoms with Crippen molar-refractivity contribution in [3.63, 3.8) is 0 Å². The van der Waals surface area contributed by atoms with Gasteiger partial charge in [-0.3, -0.25) is 4.79 Å². The third kappa shape index (κ3) is 3.62. The summed E-state index contributed by atoms with van der Waals surface area (Å²) < 4.78 is 10.9. The standard InChI is InChI=1S/C18H21N3O3S/c1-23-13-2-4-14(5-3-13)24-16-10-19-18(25-16)17(22)20-15-11-21-8-6-12(15)7-9-21/h2-5,10,12,15H,6-9,11H2,1H3,(H,20,22).